The SMILES string of the molecule is CN=Cc1cncc(COc2cc(OCc3cccc(-c4cccc(COc5cc(OCc6cncc(C=NC)c6)c(CNC(CO)C(=O)O)cc5Cl)c4C)c3C)c(Cl)cc2CO)c1. The zero-order valence-electron chi connectivity index (χ0n) is 35.8. The lowest BCUT2D eigenvalue weighted by atomic mass is 9.92. The molecule has 13 nitrogen and oxygen atoms in total. The van der Waals surface area contributed by atoms with Crippen molar-refractivity contribution in [3.63, 3.8) is 0 Å². The molecule has 0 aliphatic heterocycles. The Morgan fingerprint density at radius 1 is 0.656 bits per heavy atom. The smallest absolute Gasteiger partial charge is 0.323 e. The van der Waals surface area contributed by atoms with E-state index in [0.717, 1.165) is 55.6 Å². The van der Waals surface area contributed by atoms with Gasteiger partial charge in [0.15, 0.2) is 0 Å². The molecule has 0 radical (unpaired) electrons. The molecule has 0 spiro atoms. The van der Waals surface area contributed by atoms with Gasteiger partial charge in [0.05, 0.1) is 23.3 Å². The van der Waals surface area contributed by atoms with Crippen LogP contribution in [0.25, 0.3) is 11.1 Å². The molecule has 1 unspecified atom stereocenters. The van der Waals surface area contributed by atoms with Gasteiger partial charge >= 0.3 is 5.97 Å². The number of ether oxygens (including phenoxy) is 4. The maximum Gasteiger partial charge on any atom is 0.323 e. The van der Waals surface area contributed by atoms with Gasteiger partial charge < -0.3 is 34.3 Å². The van der Waals surface area contributed by atoms with E-state index in [9.17, 15) is 20.1 Å². The molecular weight excluding hydrogens is 857 g/mol. The monoisotopic (exact) mass is 905 g/mol. The second-order valence-corrected chi connectivity index (χ2v) is 15.6. The van der Waals surface area contributed by atoms with Gasteiger partial charge in [-0.1, -0.05) is 59.6 Å². The molecule has 64 heavy (non-hydrogen) atoms. The Morgan fingerprint density at radius 2 is 1.12 bits per heavy atom. The average molecular weight is 907 g/mol. The lowest BCUT2D eigenvalue weighted by molar-refractivity contribution is -0.140. The standard InChI is InChI=1S/C49H49Cl2N5O8/c1-30-36(28-63-47-15-45(61-26-34-11-32(17-52-3)19-54-21-34)38(13-42(47)50)23-56-44(25-58)49(59)60)7-5-9-40(30)41-10-6-8-37(31(41)2)29-64-48-16-46(39(24-57)14-43(48)51)62-27-35-12-33(18-53-4)20-55-22-35/h5-22,44,56-58H,23-29H2,1-4H3,(H,59,60). The van der Waals surface area contributed by atoms with Crippen LogP contribution in [0.1, 0.15) is 55.6 Å². The Kier molecular flexibility index (Phi) is 16.8. The molecule has 15 heteroatoms. The predicted molar refractivity (Wildman–Crippen MR) is 248 cm³/mol. The van der Waals surface area contributed by atoms with Gasteiger partial charge in [0.1, 0.15) is 55.5 Å². The summed E-state index contributed by atoms with van der Waals surface area (Å²) in [4.78, 5) is 28.2. The van der Waals surface area contributed by atoms with Crippen LogP contribution < -0.4 is 24.3 Å². The summed E-state index contributed by atoms with van der Waals surface area (Å²) in [6.07, 6.45) is 10.2. The number of aliphatic hydroxyl groups is 2. The average Bonchev–Trinajstić information content (AvgIpc) is 3.29. The molecule has 332 valence electrons. The zero-order chi connectivity index (χ0) is 45.6. The summed E-state index contributed by atoms with van der Waals surface area (Å²) in [6.45, 7) is 4.08. The van der Waals surface area contributed by atoms with Crippen LogP contribution in [0.15, 0.2) is 108 Å². The van der Waals surface area contributed by atoms with Gasteiger partial charge in [-0.15, -0.1) is 0 Å². The van der Waals surface area contributed by atoms with E-state index in [1.54, 1.807) is 75.6 Å². The van der Waals surface area contributed by atoms with E-state index >= 15 is 0 Å². The molecule has 1 atom stereocenters. The molecule has 4 aromatic carbocycles. The fraction of sp³-hybridized carbons (Fsp3) is 0.245. The summed E-state index contributed by atoms with van der Waals surface area (Å²) in [7, 11) is 3.38. The van der Waals surface area contributed by atoms with Crippen LogP contribution in [0, 0.1) is 13.8 Å². The number of hydrogen-bond acceptors (Lipinski definition) is 12. The molecule has 2 aromatic heterocycles. The summed E-state index contributed by atoms with van der Waals surface area (Å²) in [5.74, 6) is 0.464. The molecule has 0 fully saturated rings. The summed E-state index contributed by atoms with van der Waals surface area (Å²) >= 11 is 13.4. The van der Waals surface area contributed by atoms with Gasteiger partial charge in [0.25, 0.3) is 0 Å². The third kappa shape index (κ3) is 12.2. The van der Waals surface area contributed by atoms with Crippen LogP contribution in [-0.4, -0.2) is 70.4 Å². The van der Waals surface area contributed by atoms with Gasteiger partial charge in [0.2, 0.25) is 0 Å². The van der Waals surface area contributed by atoms with Crippen molar-refractivity contribution in [2.75, 3.05) is 20.7 Å². The number of halogens is 2. The summed E-state index contributed by atoms with van der Waals surface area (Å²) in [5.41, 5.74) is 10.4. The first-order valence-electron chi connectivity index (χ1n) is 20.2. The number of nitrogens with zero attached hydrogens (tertiary/aromatic N) is 4. The fourth-order valence-corrected chi connectivity index (χ4v) is 7.36. The highest BCUT2D eigenvalue weighted by Gasteiger charge is 2.19. The van der Waals surface area contributed by atoms with Crippen LogP contribution in [0.4, 0.5) is 0 Å². The van der Waals surface area contributed by atoms with Crippen LogP contribution in [0.5, 0.6) is 23.0 Å². The first-order chi connectivity index (χ1) is 31.0. The van der Waals surface area contributed by atoms with Crippen molar-refractivity contribution in [3.8, 4) is 34.1 Å². The lowest BCUT2D eigenvalue weighted by Gasteiger charge is -2.19. The largest absolute Gasteiger partial charge is 0.488 e. The van der Waals surface area contributed by atoms with E-state index in [-0.39, 0.29) is 39.6 Å². The van der Waals surface area contributed by atoms with Crippen LogP contribution in [0.3, 0.4) is 0 Å². The topological polar surface area (TPSA) is 177 Å². The highest BCUT2D eigenvalue weighted by molar-refractivity contribution is 6.32. The summed E-state index contributed by atoms with van der Waals surface area (Å²) in [5, 5.41) is 32.6. The number of carboxylic acids is 1. The quantitative estimate of drug-likeness (QED) is 0.0510. The molecule has 6 aromatic rings. The van der Waals surface area contributed by atoms with Crippen molar-refractivity contribution in [2.45, 2.75) is 59.5 Å². The van der Waals surface area contributed by atoms with Crippen molar-refractivity contribution in [3.05, 3.63) is 163 Å². The van der Waals surface area contributed by atoms with Crippen molar-refractivity contribution >= 4 is 41.6 Å². The third-order valence-electron chi connectivity index (χ3n) is 10.3. The zero-order valence-corrected chi connectivity index (χ0v) is 37.4. The lowest BCUT2D eigenvalue weighted by Crippen LogP contribution is -2.39. The van der Waals surface area contributed by atoms with Crippen LogP contribution >= 0.6 is 23.2 Å². The van der Waals surface area contributed by atoms with E-state index in [1.807, 2.05) is 50.2 Å². The number of pyridine rings is 2. The van der Waals surface area contributed by atoms with Gasteiger partial charge in [-0.2, -0.15) is 0 Å². The van der Waals surface area contributed by atoms with Gasteiger partial charge in [0, 0.05) is 103 Å². The number of carboxylic acid groups (broad SMARTS) is 1. The van der Waals surface area contributed by atoms with Crippen LogP contribution in [-0.2, 0) is 44.4 Å². The van der Waals surface area contributed by atoms with E-state index in [1.165, 1.54) is 0 Å². The Morgan fingerprint density at radius 3 is 1.58 bits per heavy atom. The van der Waals surface area contributed by atoms with Crippen molar-refractivity contribution in [2.24, 2.45) is 9.98 Å². The van der Waals surface area contributed by atoms with Crippen molar-refractivity contribution < 1.29 is 39.1 Å². The number of aliphatic carboxylic acids is 1. The first kappa shape index (κ1) is 47.1. The Balaban J connectivity index is 1.18. The van der Waals surface area contributed by atoms with Gasteiger partial charge in [-0.05, 0) is 71.5 Å². The number of aliphatic hydroxyl groups excluding tert-OH is 2. The van der Waals surface area contributed by atoms with Gasteiger partial charge in [-0.25, -0.2) is 0 Å². The second kappa shape index (κ2) is 22.8. The molecule has 0 saturated carbocycles. The van der Waals surface area contributed by atoms with Gasteiger partial charge in [-0.3, -0.25) is 30.1 Å². The molecular formula is C49H49Cl2N5O8. The minimum absolute atomic E-state index is 0.0557. The summed E-state index contributed by atoms with van der Waals surface area (Å²) in [6, 6.07) is 21.4. The Hall–Kier alpha value is -6.35. The summed E-state index contributed by atoms with van der Waals surface area (Å²) < 4.78 is 25.0. The van der Waals surface area contributed by atoms with E-state index in [4.69, 9.17) is 42.1 Å². The molecule has 0 bridgehead atoms. The third-order valence-corrected chi connectivity index (χ3v) is 10.9. The first-order valence-corrected chi connectivity index (χ1v) is 21.0. The van der Waals surface area contributed by atoms with Crippen LogP contribution in [0.2, 0.25) is 10.0 Å². The fourth-order valence-electron chi connectivity index (χ4n) is 6.88. The number of aromatic nitrogens is 2. The molecule has 4 N–H and O–H groups in total. The molecule has 0 aliphatic rings. The molecule has 0 saturated heterocycles. The highest BCUT2D eigenvalue weighted by atomic mass is 35.5. The molecule has 0 aliphatic carbocycles. The molecule has 0 amide bonds. The number of rotatable bonds is 21. The maximum atomic E-state index is 11.6. The van der Waals surface area contributed by atoms with E-state index in [0.29, 0.717) is 44.2 Å². The van der Waals surface area contributed by atoms with Crippen molar-refractivity contribution in [1.82, 2.24) is 15.3 Å². The molecule has 6 rings (SSSR count). The Labute approximate surface area is 382 Å². The van der Waals surface area contributed by atoms with Crippen molar-refractivity contribution in [1.29, 1.82) is 0 Å². The van der Waals surface area contributed by atoms with E-state index < -0.39 is 18.6 Å². The number of benzene rings is 4. The minimum atomic E-state index is -1.19. The Bertz CT molecular complexity index is 2640. The number of nitrogens with one attached hydrogen (secondary N) is 1. The highest BCUT2D eigenvalue weighted by Crippen LogP contribution is 2.37. The molecule has 2 heterocycles. The number of hydrogen-bond donors (Lipinski definition) is 4. The number of aliphatic imine (C=N–C) groups is 2. The normalized spacial score (nSPS) is 11.9. The number of carbonyl (C=O) groups is 1. The maximum absolute atomic E-state index is 11.6. The second-order valence-electron chi connectivity index (χ2n) is 14.8. The van der Waals surface area contributed by atoms with E-state index in [2.05, 4.69) is 37.4 Å². The predicted octanol–water partition coefficient (Wildman–Crippen LogP) is 8.51. The minimum Gasteiger partial charge on any atom is -0.488 e.